The van der Waals surface area contributed by atoms with Crippen molar-refractivity contribution in [3.8, 4) is 0 Å². The van der Waals surface area contributed by atoms with Gasteiger partial charge in [-0.15, -0.1) is 0 Å². The number of nitrogens with zero attached hydrogens (tertiary/aromatic N) is 1. The molecule has 5 nitrogen and oxygen atoms in total. The van der Waals surface area contributed by atoms with Gasteiger partial charge in [-0.1, -0.05) is 0 Å². The zero-order chi connectivity index (χ0) is 13.8. The number of anilines is 1. The Morgan fingerprint density at radius 1 is 1.05 bits per heavy atom. The van der Waals surface area contributed by atoms with Gasteiger partial charge in [-0.05, 0) is 0 Å². The molecule has 0 spiro atoms. The summed E-state index contributed by atoms with van der Waals surface area (Å²) >= 11 is 2.04. The Labute approximate surface area is 139 Å². The summed E-state index contributed by atoms with van der Waals surface area (Å²) in [7, 11) is 0. The van der Waals surface area contributed by atoms with Crippen LogP contribution in [-0.4, -0.2) is 45.4 Å². The van der Waals surface area contributed by atoms with Gasteiger partial charge in [-0.2, -0.15) is 0 Å². The van der Waals surface area contributed by atoms with Gasteiger partial charge in [0.05, 0.1) is 0 Å². The number of carbonyl (C=O) groups excluding carboxylic acids is 1. The van der Waals surface area contributed by atoms with Gasteiger partial charge in [0, 0.05) is 0 Å². The Balaban J connectivity index is 0. The molecular weight excluding hydrogens is 343 g/mol. The van der Waals surface area contributed by atoms with Crippen molar-refractivity contribution in [1.82, 2.24) is 0 Å². The van der Waals surface area contributed by atoms with E-state index in [0.717, 1.165) is 16.8 Å². The van der Waals surface area contributed by atoms with E-state index in [2.05, 4.69) is 0 Å². The smallest absolute Gasteiger partial charge is 0.870 e. The van der Waals surface area contributed by atoms with Gasteiger partial charge in [0.15, 0.2) is 0 Å². The normalized spacial score (nSPS) is 8.91. The Bertz CT molecular complexity index is 587. The molecule has 0 heterocycles. The predicted octanol–water partition coefficient (Wildman–Crippen LogP) is 1.93. The predicted molar refractivity (Wildman–Crippen MR) is 86.2 cm³/mol. The Hall–Kier alpha value is -1.67. The van der Waals surface area contributed by atoms with Crippen LogP contribution in [0.4, 0.5) is 5.69 Å². The first-order chi connectivity index (χ1) is 9.11. The summed E-state index contributed by atoms with van der Waals surface area (Å²) in [6.45, 7) is 4.66. The van der Waals surface area contributed by atoms with Crippen LogP contribution in [-0.2, 0) is 0 Å². The van der Waals surface area contributed by atoms with Crippen molar-refractivity contribution in [2.24, 2.45) is 0 Å². The fourth-order valence-electron chi connectivity index (χ4n) is 2.02. The molecule has 0 aliphatic heterocycles. The van der Waals surface area contributed by atoms with Crippen molar-refractivity contribution in [3.63, 3.8) is 0 Å². The van der Waals surface area contributed by atoms with Gasteiger partial charge in [0.1, 0.15) is 0 Å². The van der Waals surface area contributed by atoms with Crippen LogP contribution in [0.5, 0.6) is 0 Å². The molecule has 0 atom stereocenters. The molecule has 0 aliphatic rings. The number of hydrogen-bond donors (Lipinski definition) is 0. The zero-order valence-corrected chi connectivity index (χ0v) is 14.6. The van der Waals surface area contributed by atoms with E-state index in [1.807, 2.05) is 78.9 Å². The first kappa shape index (κ1) is 22.6. The topological polar surface area (TPSA) is 110 Å². The van der Waals surface area contributed by atoms with Crippen LogP contribution in [0.3, 0.4) is 0 Å². The van der Waals surface area contributed by atoms with Crippen molar-refractivity contribution in [1.29, 1.82) is 0 Å². The summed E-state index contributed by atoms with van der Waals surface area (Å²) in [5, 5.41) is 0. The quantitative estimate of drug-likeness (QED) is 0.777. The molecule has 0 saturated heterocycles. The minimum atomic E-state index is 0. The van der Waals surface area contributed by atoms with Crippen molar-refractivity contribution in [2.75, 3.05) is 11.4 Å². The van der Waals surface area contributed by atoms with Gasteiger partial charge >= 0.3 is 122 Å². The standard InChI is InChI=1S/C16H16GeNO.3H2O/c1-3-18(15-9-7-14(17)8-10-15)16(19)13-6-4-5-12(2)11-13;;;/h4-11H,3H2,1-2H3;3*1H2/q+3;;;/p-3. The van der Waals surface area contributed by atoms with E-state index in [4.69, 9.17) is 0 Å². The molecule has 2 aromatic rings. The van der Waals surface area contributed by atoms with Crippen LogP contribution < -0.4 is 9.30 Å². The van der Waals surface area contributed by atoms with Crippen LogP contribution in [0.15, 0.2) is 48.5 Å². The molecule has 0 unspecified atom stereocenters. The number of rotatable bonds is 3. The second-order valence-corrected chi connectivity index (χ2v) is 5.68. The summed E-state index contributed by atoms with van der Waals surface area (Å²) < 4.78 is 1.20. The molecule has 3 N–H and O–H groups in total. The van der Waals surface area contributed by atoms with Gasteiger partial charge < -0.3 is 16.4 Å². The average molecular weight is 362 g/mol. The molecule has 6 heteroatoms. The minimum Gasteiger partial charge on any atom is -0.870 e. The van der Waals surface area contributed by atoms with Crippen LogP contribution in [0.25, 0.3) is 0 Å². The van der Waals surface area contributed by atoms with Crippen LogP contribution in [0.2, 0.25) is 0 Å². The van der Waals surface area contributed by atoms with Crippen LogP contribution in [0, 0.1) is 6.92 Å². The molecule has 0 radical (unpaired) electrons. The zero-order valence-electron chi connectivity index (χ0n) is 12.5. The first-order valence-electron chi connectivity index (χ1n) is 6.32. The largest absolute Gasteiger partial charge is 0.870 e. The number of amides is 1. The van der Waals surface area contributed by atoms with Crippen LogP contribution >= 0.6 is 0 Å². The summed E-state index contributed by atoms with van der Waals surface area (Å²) in [6, 6.07) is 15.8. The van der Waals surface area contributed by atoms with Crippen LogP contribution in [0.1, 0.15) is 22.8 Å². The third-order valence-electron chi connectivity index (χ3n) is 3.01. The van der Waals surface area contributed by atoms with E-state index in [1.165, 1.54) is 4.40 Å². The summed E-state index contributed by atoms with van der Waals surface area (Å²) in [5.74, 6) is 0.0510. The number of carbonyl (C=O) groups is 1. The molecule has 0 bridgehead atoms. The SMILES string of the molecule is CCN(C(=O)c1cccc(C)c1)c1cc[c]([Ge+3])cc1.[OH-].[OH-].[OH-]. The number of aryl methyl sites for hydroxylation is 1. The van der Waals surface area contributed by atoms with Gasteiger partial charge in [-0.25, -0.2) is 0 Å². The molecule has 22 heavy (non-hydrogen) atoms. The average Bonchev–Trinajstić information content (AvgIpc) is 2.41. The molecule has 1 amide bonds. The molecule has 0 aliphatic carbocycles. The van der Waals surface area contributed by atoms with Crippen molar-refractivity contribution in [2.45, 2.75) is 13.8 Å². The molecule has 116 valence electrons. The molecule has 2 aromatic carbocycles. The summed E-state index contributed by atoms with van der Waals surface area (Å²) in [5.41, 5.74) is 2.79. The molecule has 0 aromatic heterocycles. The fraction of sp³-hybridized carbons (Fsp3) is 0.188. The summed E-state index contributed by atoms with van der Waals surface area (Å²) in [4.78, 5) is 14.3. The number of benzene rings is 2. The van der Waals surface area contributed by atoms with E-state index in [9.17, 15) is 4.79 Å². The third-order valence-corrected chi connectivity index (χ3v) is 3.70. The maximum Gasteiger partial charge on any atom is -0.870 e. The Morgan fingerprint density at radius 3 is 2.14 bits per heavy atom. The third kappa shape index (κ3) is 5.27. The molecule has 2 rings (SSSR count). The minimum absolute atomic E-state index is 0. The van der Waals surface area contributed by atoms with E-state index < -0.39 is 0 Å². The van der Waals surface area contributed by atoms with E-state index in [-0.39, 0.29) is 22.3 Å². The maximum absolute atomic E-state index is 12.5. The maximum atomic E-state index is 12.5. The second-order valence-electron chi connectivity index (χ2n) is 4.47. The molecule has 0 fully saturated rings. The van der Waals surface area contributed by atoms with E-state index >= 15 is 0 Å². The Morgan fingerprint density at radius 2 is 1.64 bits per heavy atom. The second kappa shape index (κ2) is 10.1. The van der Waals surface area contributed by atoms with E-state index in [0.29, 0.717) is 6.54 Å². The van der Waals surface area contributed by atoms with Crippen molar-refractivity contribution >= 4 is 32.5 Å². The van der Waals surface area contributed by atoms with Gasteiger partial charge in [0.2, 0.25) is 0 Å². The fourth-order valence-corrected chi connectivity index (χ4v) is 2.37. The van der Waals surface area contributed by atoms with E-state index in [1.54, 1.807) is 4.90 Å². The molecule has 0 saturated carbocycles. The summed E-state index contributed by atoms with van der Waals surface area (Å²) in [6.07, 6.45) is 0. The first-order valence-corrected chi connectivity index (χ1v) is 7.37. The van der Waals surface area contributed by atoms with Crippen molar-refractivity contribution < 1.29 is 21.2 Å². The Kier molecular flexibility index (Phi) is 10.4. The number of hydrogen-bond acceptors (Lipinski definition) is 4. The molecular formula is C16H19GeNO4. The monoisotopic (exact) mass is 363 g/mol. The van der Waals surface area contributed by atoms with Gasteiger partial charge in [0.25, 0.3) is 0 Å². The van der Waals surface area contributed by atoms with Gasteiger partial charge in [-0.3, -0.25) is 0 Å². The van der Waals surface area contributed by atoms with Crippen molar-refractivity contribution in [3.05, 3.63) is 59.7 Å².